The number of ether oxygens (including phenoxy) is 1. The minimum atomic E-state index is -0.160. The average Bonchev–Trinajstić information content (AvgIpc) is 2.90. The summed E-state index contributed by atoms with van der Waals surface area (Å²) in [7, 11) is 0. The molecule has 0 aliphatic heterocycles. The van der Waals surface area contributed by atoms with Crippen LogP contribution in [0, 0.1) is 13.8 Å². The largest absolute Gasteiger partial charge is 0.459 e. The number of hydrogen-bond donors (Lipinski definition) is 0. The van der Waals surface area contributed by atoms with Crippen molar-refractivity contribution >= 4 is 11.6 Å². The van der Waals surface area contributed by atoms with Crippen LogP contribution < -0.4 is 0 Å². The summed E-state index contributed by atoms with van der Waals surface area (Å²) in [6.45, 7) is 4.28. The van der Waals surface area contributed by atoms with Crippen LogP contribution in [0.5, 0.6) is 0 Å². The molecule has 0 amide bonds. The molecular formula is C20H22N2O2. The number of imidazole rings is 1. The summed E-state index contributed by atoms with van der Waals surface area (Å²) in [5, 5.41) is 0. The van der Waals surface area contributed by atoms with Gasteiger partial charge in [-0.15, -0.1) is 0 Å². The van der Waals surface area contributed by atoms with Gasteiger partial charge in [0.2, 0.25) is 0 Å². The second-order valence-electron chi connectivity index (χ2n) is 6.07. The second kappa shape index (κ2) is 7.30. The van der Waals surface area contributed by atoms with E-state index in [2.05, 4.69) is 36.2 Å². The zero-order chi connectivity index (χ0) is 16.9. The number of pyridine rings is 1. The number of benzene rings is 1. The fraction of sp³-hybridized carbons (Fsp3) is 0.300. The first-order valence-corrected chi connectivity index (χ1v) is 8.27. The predicted molar refractivity (Wildman–Crippen MR) is 93.8 cm³/mol. The molecule has 0 bridgehead atoms. The molecule has 1 aromatic carbocycles. The van der Waals surface area contributed by atoms with Gasteiger partial charge in [-0.05, 0) is 44.4 Å². The van der Waals surface area contributed by atoms with Gasteiger partial charge in [-0.1, -0.05) is 35.9 Å². The maximum atomic E-state index is 12.0. The lowest BCUT2D eigenvalue weighted by atomic mass is 10.1. The first-order valence-electron chi connectivity index (χ1n) is 8.27. The van der Waals surface area contributed by atoms with Crippen LogP contribution >= 0.6 is 0 Å². The summed E-state index contributed by atoms with van der Waals surface area (Å²) in [5.74, 6) is -0.160. The van der Waals surface area contributed by atoms with Crippen molar-refractivity contribution in [2.45, 2.75) is 39.7 Å². The summed E-state index contributed by atoms with van der Waals surface area (Å²) in [5.41, 5.74) is 5.21. The molecule has 0 radical (unpaired) electrons. The van der Waals surface area contributed by atoms with Crippen molar-refractivity contribution in [3.63, 3.8) is 0 Å². The smallest absolute Gasteiger partial charge is 0.306 e. The molecule has 0 saturated heterocycles. The van der Waals surface area contributed by atoms with E-state index in [1.165, 1.54) is 11.1 Å². The Labute approximate surface area is 142 Å². The lowest BCUT2D eigenvalue weighted by Gasteiger charge is -2.06. The van der Waals surface area contributed by atoms with E-state index in [0.29, 0.717) is 6.42 Å². The molecule has 3 aromatic rings. The van der Waals surface area contributed by atoms with Crippen LogP contribution in [-0.4, -0.2) is 15.4 Å². The van der Waals surface area contributed by atoms with Crippen LogP contribution in [-0.2, 0) is 22.6 Å². The molecule has 24 heavy (non-hydrogen) atoms. The Morgan fingerprint density at radius 3 is 2.71 bits per heavy atom. The highest BCUT2D eigenvalue weighted by atomic mass is 16.5. The number of fused-ring (bicyclic) bond motifs is 1. The molecule has 0 fully saturated rings. The Morgan fingerprint density at radius 1 is 1.12 bits per heavy atom. The predicted octanol–water partition coefficient (Wildman–Crippen LogP) is 4.02. The standard InChI is InChI=1S/C20H22N2O2/c1-15-9-11-17(12-10-15)6-5-8-20(23)24-14-18-16(2)21-19-7-3-4-13-22(18)19/h3-4,7,9-13H,5-6,8,14H2,1-2H3. The summed E-state index contributed by atoms with van der Waals surface area (Å²) in [6, 6.07) is 14.3. The van der Waals surface area contributed by atoms with Crippen molar-refractivity contribution in [3.05, 3.63) is 71.2 Å². The average molecular weight is 322 g/mol. The van der Waals surface area contributed by atoms with Crippen LogP contribution in [0.25, 0.3) is 5.65 Å². The molecule has 4 nitrogen and oxygen atoms in total. The fourth-order valence-electron chi connectivity index (χ4n) is 2.75. The molecular weight excluding hydrogens is 300 g/mol. The van der Waals surface area contributed by atoms with Gasteiger partial charge < -0.3 is 9.14 Å². The summed E-state index contributed by atoms with van der Waals surface area (Å²) in [6.07, 6.45) is 4.07. The number of aromatic nitrogens is 2. The Kier molecular flexibility index (Phi) is 4.94. The van der Waals surface area contributed by atoms with E-state index in [1.54, 1.807) is 0 Å². The van der Waals surface area contributed by atoms with Gasteiger partial charge >= 0.3 is 5.97 Å². The SMILES string of the molecule is Cc1ccc(CCCC(=O)OCc2c(C)nc3ccccn23)cc1. The van der Waals surface area contributed by atoms with Crippen molar-refractivity contribution in [3.8, 4) is 0 Å². The first-order chi connectivity index (χ1) is 11.6. The number of carbonyl (C=O) groups excluding carboxylic acids is 1. The van der Waals surface area contributed by atoms with Crippen LogP contribution in [0.2, 0.25) is 0 Å². The molecule has 0 atom stereocenters. The molecule has 0 unspecified atom stereocenters. The summed E-state index contributed by atoms with van der Waals surface area (Å²) < 4.78 is 7.40. The first kappa shape index (κ1) is 16.2. The Bertz CT molecular complexity index is 834. The molecule has 0 aliphatic rings. The highest BCUT2D eigenvalue weighted by Gasteiger charge is 2.11. The van der Waals surface area contributed by atoms with E-state index < -0.39 is 0 Å². The molecule has 124 valence electrons. The Morgan fingerprint density at radius 2 is 1.92 bits per heavy atom. The third-order valence-electron chi connectivity index (χ3n) is 4.17. The van der Waals surface area contributed by atoms with E-state index >= 15 is 0 Å². The van der Waals surface area contributed by atoms with Gasteiger partial charge in [0, 0.05) is 12.6 Å². The van der Waals surface area contributed by atoms with E-state index in [4.69, 9.17) is 4.74 Å². The second-order valence-corrected chi connectivity index (χ2v) is 6.07. The van der Waals surface area contributed by atoms with Gasteiger partial charge in [0.05, 0.1) is 11.4 Å². The lowest BCUT2D eigenvalue weighted by Crippen LogP contribution is -2.07. The zero-order valence-electron chi connectivity index (χ0n) is 14.2. The van der Waals surface area contributed by atoms with Crippen LogP contribution in [0.1, 0.15) is 35.4 Å². The highest BCUT2D eigenvalue weighted by Crippen LogP contribution is 2.14. The molecule has 0 saturated carbocycles. The van der Waals surface area contributed by atoms with E-state index in [1.807, 2.05) is 35.7 Å². The topological polar surface area (TPSA) is 43.6 Å². The van der Waals surface area contributed by atoms with Crippen molar-refractivity contribution in [1.82, 2.24) is 9.38 Å². The number of esters is 1. The molecule has 0 aliphatic carbocycles. The van der Waals surface area contributed by atoms with Crippen LogP contribution in [0.3, 0.4) is 0 Å². The van der Waals surface area contributed by atoms with Crippen molar-refractivity contribution < 1.29 is 9.53 Å². The maximum Gasteiger partial charge on any atom is 0.306 e. The Hall–Kier alpha value is -2.62. The van der Waals surface area contributed by atoms with E-state index in [9.17, 15) is 4.79 Å². The summed E-state index contributed by atoms with van der Waals surface area (Å²) >= 11 is 0. The highest BCUT2D eigenvalue weighted by molar-refractivity contribution is 5.69. The zero-order valence-corrected chi connectivity index (χ0v) is 14.2. The van der Waals surface area contributed by atoms with E-state index in [-0.39, 0.29) is 12.6 Å². The number of aryl methyl sites for hydroxylation is 3. The van der Waals surface area contributed by atoms with Gasteiger partial charge in [-0.2, -0.15) is 0 Å². The minimum Gasteiger partial charge on any atom is -0.459 e. The maximum absolute atomic E-state index is 12.0. The minimum absolute atomic E-state index is 0.160. The van der Waals surface area contributed by atoms with Gasteiger partial charge in [0.15, 0.2) is 0 Å². The number of hydrogen-bond acceptors (Lipinski definition) is 3. The normalized spacial score (nSPS) is 10.9. The van der Waals surface area contributed by atoms with Gasteiger partial charge in [-0.3, -0.25) is 4.79 Å². The van der Waals surface area contributed by atoms with Crippen molar-refractivity contribution in [1.29, 1.82) is 0 Å². The van der Waals surface area contributed by atoms with Gasteiger partial charge in [0.25, 0.3) is 0 Å². The van der Waals surface area contributed by atoms with Gasteiger partial charge in [-0.25, -0.2) is 4.98 Å². The molecule has 2 aromatic heterocycles. The van der Waals surface area contributed by atoms with Crippen molar-refractivity contribution in [2.75, 3.05) is 0 Å². The van der Waals surface area contributed by atoms with Crippen molar-refractivity contribution in [2.24, 2.45) is 0 Å². The monoisotopic (exact) mass is 322 g/mol. The molecule has 4 heteroatoms. The molecule has 3 rings (SSSR count). The Balaban J connectivity index is 1.50. The van der Waals surface area contributed by atoms with Crippen LogP contribution in [0.4, 0.5) is 0 Å². The fourth-order valence-corrected chi connectivity index (χ4v) is 2.75. The third kappa shape index (κ3) is 3.82. The van der Waals surface area contributed by atoms with E-state index in [0.717, 1.165) is 29.9 Å². The van der Waals surface area contributed by atoms with Crippen LogP contribution in [0.15, 0.2) is 48.7 Å². The number of carbonyl (C=O) groups is 1. The number of rotatable bonds is 6. The molecule has 2 heterocycles. The van der Waals surface area contributed by atoms with Gasteiger partial charge in [0.1, 0.15) is 12.3 Å². The molecule has 0 N–H and O–H groups in total. The quantitative estimate of drug-likeness (QED) is 0.644. The lowest BCUT2D eigenvalue weighted by molar-refractivity contribution is -0.145. The number of nitrogens with zero attached hydrogens (tertiary/aromatic N) is 2. The third-order valence-corrected chi connectivity index (χ3v) is 4.17. The molecule has 0 spiro atoms. The summed E-state index contributed by atoms with van der Waals surface area (Å²) in [4.78, 5) is 16.4.